The molecule has 2 aromatic heterocycles. The van der Waals surface area contributed by atoms with Crippen LogP contribution in [0.1, 0.15) is 0 Å². The number of rotatable bonds is 5. The largest absolute Gasteiger partial charge is 0.456 e. The normalized spacial score (nSPS) is 11.0. The van der Waals surface area contributed by atoms with Crippen LogP contribution in [-0.4, -0.2) is 4.98 Å². The molecule has 4 nitrogen and oxygen atoms in total. The van der Waals surface area contributed by atoms with Crippen molar-refractivity contribution in [2.45, 2.75) is 0 Å². The van der Waals surface area contributed by atoms with Crippen molar-refractivity contribution in [2.24, 2.45) is 0 Å². The van der Waals surface area contributed by atoms with Crippen LogP contribution in [-0.2, 0) is 0 Å². The van der Waals surface area contributed by atoms with Crippen molar-refractivity contribution < 1.29 is 4.42 Å². The fourth-order valence-corrected chi connectivity index (χ4v) is 6.15. The van der Waals surface area contributed by atoms with Gasteiger partial charge in [0.15, 0.2) is 0 Å². The zero-order valence-electron chi connectivity index (χ0n) is 25.2. The van der Waals surface area contributed by atoms with Gasteiger partial charge in [0.05, 0.1) is 28.7 Å². The highest BCUT2D eigenvalue weighted by Gasteiger charge is 2.18. The number of hydrogen-bond acceptors (Lipinski definition) is 3. The number of para-hydroxylation sites is 1. The first-order valence-electron chi connectivity index (χ1n) is 15.4. The minimum Gasteiger partial charge on any atom is -0.456 e. The Morgan fingerprint density at radius 3 is 1.74 bits per heavy atom. The highest BCUT2D eigenvalue weighted by Crippen LogP contribution is 2.42. The highest BCUT2D eigenvalue weighted by atomic mass is 16.3. The lowest BCUT2D eigenvalue weighted by Crippen LogP contribution is -2.01. The van der Waals surface area contributed by atoms with Gasteiger partial charge in [-0.2, -0.15) is 0 Å². The summed E-state index contributed by atoms with van der Waals surface area (Å²) in [5.74, 6) is 0. The third-order valence-corrected chi connectivity index (χ3v) is 8.50. The van der Waals surface area contributed by atoms with E-state index in [0.29, 0.717) is 33.3 Å². The van der Waals surface area contributed by atoms with Crippen molar-refractivity contribution in [3.8, 4) is 55.9 Å². The molecule has 8 rings (SSSR count). The van der Waals surface area contributed by atoms with E-state index in [1.807, 2.05) is 121 Å². The quantitative estimate of drug-likeness (QED) is 0.145. The van der Waals surface area contributed by atoms with Crippen LogP contribution in [0.3, 0.4) is 0 Å². The highest BCUT2D eigenvalue weighted by molar-refractivity contribution is 5.94. The van der Waals surface area contributed by atoms with Gasteiger partial charge in [-0.05, 0) is 81.4 Å². The Kier molecular flexibility index (Phi) is 6.98. The van der Waals surface area contributed by atoms with Crippen molar-refractivity contribution in [1.29, 1.82) is 0 Å². The van der Waals surface area contributed by atoms with Gasteiger partial charge >= 0.3 is 0 Å². The Balaban J connectivity index is 1.24. The molecule has 0 fully saturated rings. The van der Waals surface area contributed by atoms with Gasteiger partial charge < -0.3 is 4.42 Å². The average molecular weight is 603 g/mol. The first kappa shape index (κ1) is 27.9. The van der Waals surface area contributed by atoms with Crippen LogP contribution >= 0.6 is 0 Å². The first-order chi connectivity index (χ1) is 23.2. The van der Waals surface area contributed by atoms with Gasteiger partial charge in [0.1, 0.15) is 11.2 Å². The minimum absolute atomic E-state index is 0.0368. The van der Waals surface area contributed by atoms with Crippen molar-refractivity contribution in [1.82, 2.24) is 4.98 Å². The van der Waals surface area contributed by atoms with E-state index in [1.54, 1.807) is 6.07 Å². The smallest absolute Gasteiger partial charge is 0.220 e. The van der Waals surface area contributed by atoms with Crippen LogP contribution in [0.15, 0.2) is 167 Å². The molecule has 0 aliphatic carbocycles. The fourth-order valence-electron chi connectivity index (χ4n) is 6.15. The molecule has 0 saturated heterocycles. The molecule has 47 heavy (non-hydrogen) atoms. The molecular formula is C43H26N2O2. The molecule has 0 saturated carbocycles. The van der Waals surface area contributed by atoms with Crippen LogP contribution in [0.25, 0.3) is 82.7 Å². The first-order valence-corrected chi connectivity index (χ1v) is 15.4. The fraction of sp³-hybridized carbons (Fsp3) is 0. The van der Waals surface area contributed by atoms with Gasteiger partial charge in [-0.15, -0.1) is 0 Å². The molecule has 0 unspecified atom stereocenters. The molecule has 0 radical (unpaired) electrons. The van der Waals surface area contributed by atoms with Gasteiger partial charge in [0.2, 0.25) is 11.1 Å². The minimum atomic E-state index is -0.0368. The van der Waals surface area contributed by atoms with Crippen LogP contribution < -0.4 is 5.43 Å². The maximum atomic E-state index is 13.3. The summed E-state index contributed by atoms with van der Waals surface area (Å²) in [4.78, 5) is 22.3. The van der Waals surface area contributed by atoms with Crippen LogP contribution in [0.5, 0.6) is 0 Å². The molecule has 0 atom stereocenters. The molecule has 220 valence electrons. The molecule has 0 spiro atoms. The Bertz CT molecular complexity index is 2550. The molecule has 4 heteroatoms. The van der Waals surface area contributed by atoms with Gasteiger partial charge in [0.25, 0.3) is 0 Å². The monoisotopic (exact) mass is 602 g/mol. The second kappa shape index (κ2) is 11.7. The number of nitrogens with zero attached hydrogens (tertiary/aromatic N) is 2. The van der Waals surface area contributed by atoms with Gasteiger partial charge in [0, 0.05) is 5.56 Å². The van der Waals surface area contributed by atoms with E-state index in [2.05, 4.69) is 35.2 Å². The van der Waals surface area contributed by atoms with Crippen molar-refractivity contribution in [3.05, 3.63) is 179 Å². The maximum Gasteiger partial charge on any atom is 0.220 e. The summed E-state index contributed by atoms with van der Waals surface area (Å²) in [6.45, 7) is 8.21. The number of hydrogen-bond donors (Lipinski definition) is 0. The summed E-state index contributed by atoms with van der Waals surface area (Å²) < 4.78 is 6.03. The molecule has 2 heterocycles. The molecule has 0 N–H and O–H groups in total. The van der Waals surface area contributed by atoms with Gasteiger partial charge in [-0.25, -0.2) is 4.85 Å². The third-order valence-electron chi connectivity index (χ3n) is 8.50. The Hall–Kier alpha value is -6.57. The van der Waals surface area contributed by atoms with E-state index in [4.69, 9.17) is 16.0 Å². The van der Waals surface area contributed by atoms with E-state index in [-0.39, 0.29) is 5.43 Å². The predicted octanol–water partition coefficient (Wildman–Crippen LogP) is 11.2. The lowest BCUT2D eigenvalue weighted by atomic mass is 9.93. The van der Waals surface area contributed by atoms with E-state index in [1.165, 1.54) is 0 Å². The standard InChI is InChI=1S/C43H26N2O2/c1-44-42-36(27-38(28-12-4-2-5-13-28)45-41(42)29-14-6-3-7-15-29)34-19-11-18-32(25-34)30-16-10-17-31(24-30)33-22-23-40-37(26-33)43(46)35-20-8-9-21-39(35)47-40/h2-27H. The number of fused-ring (bicyclic) bond motifs is 2. The topological polar surface area (TPSA) is 47.5 Å². The van der Waals surface area contributed by atoms with E-state index < -0.39 is 0 Å². The van der Waals surface area contributed by atoms with Crippen LogP contribution in [0.4, 0.5) is 5.69 Å². The van der Waals surface area contributed by atoms with Crippen molar-refractivity contribution >= 4 is 27.6 Å². The number of benzene rings is 6. The van der Waals surface area contributed by atoms with Crippen LogP contribution in [0.2, 0.25) is 0 Å². The average Bonchev–Trinajstić information content (AvgIpc) is 3.15. The van der Waals surface area contributed by atoms with E-state index >= 15 is 0 Å². The summed E-state index contributed by atoms with van der Waals surface area (Å²) in [5, 5.41) is 1.13. The van der Waals surface area contributed by atoms with E-state index in [0.717, 1.165) is 50.2 Å². The molecule has 0 aliphatic rings. The number of aromatic nitrogens is 1. The third kappa shape index (κ3) is 5.16. The zero-order chi connectivity index (χ0) is 31.7. The number of pyridine rings is 1. The molecule has 0 aliphatic heterocycles. The summed E-state index contributed by atoms with van der Waals surface area (Å²) in [6, 6.07) is 51.7. The molecule has 0 amide bonds. The van der Waals surface area contributed by atoms with E-state index in [9.17, 15) is 4.79 Å². The van der Waals surface area contributed by atoms with Crippen molar-refractivity contribution in [3.63, 3.8) is 0 Å². The summed E-state index contributed by atoms with van der Waals surface area (Å²) >= 11 is 0. The van der Waals surface area contributed by atoms with Crippen LogP contribution in [0, 0.1) is 6.57 Å². The summed E-state index contributed by atoms with van der Waals surface area (Å²) in [5.41, 5.74) is 10.7. The predicted molar refractivity (Wildman–Crippen MR) is 191 cm³/mol. The second-order valence-corrected chi connectivity index (χ2v) is 11.4. The second-order valence-electron chi connectivity index (χ2n) is 11.4. The molecule has 8 aromatic rings. The lowest BCUT2D eigenvalue weighted by Gasteiger charge is -2.14. The maximum absolute atomic E-state index is 13.3. The Morgan fingerprint density at radius 2 is 1.04 bits per heavy atom. The summed E-state index contributed by atoms with van der Waals surface area (Å²) in [6.07, 6.45) is 0. The van der Waals surface area contributed by atoms with Crippen molar-refractivity contribution in [2.75, 3.05) is 0 Å². The van der Waals surface area contributed by atoms with Gasteiger partial charge in [-0.1, -0.05) is 115 Å². The molecule has 6 aromatic carbocycles. The summed E-state index contributed by atoms with van der Waals surface area (Å²) in [7, 11) is 0. The Labute approximate surface area is 271 Å². The zero-order valence-corrected chi connectivity index (χ0v) is 25.2. The van der Waals surface area contributed by atoms with Gasteiger partial charge in [-0.3, -0.25) is 9.78 Å². The molecule has 0 bridgehead atoms. The Morgan fingerprint density at radius 1 is 0.489 bits per heavy atom. The lowest BCUT2D eigenvalue weighted by molar-refractivity contribution is 0.660. The molecular weight excluding hydrogens is 576 g/mol. The SMILES string of the molecule is [C-]#[N+]c1c(-c2cccc(-c3cccc(-c4ccc5oc6ccccc6c(=O)c5c4)c3)c2)cc(-c2ccccc2)nc1-c1ccccc1.